The highest BCUT2D eigenvalue weighted by Crippen LogP contribution is 2.35. The summed E-state index contributed by atoms with van der Waals surface area (Å²) in [5.41, 5.74) is 0.435. The Labute approximate surface area is 112 Å². The number of hydrogen-bond acceptors (Lipinski definition) is 1. The molecule has 0 radical (unpaired) electrons. The fraction of sp³-hybridized carbons (Fsp3) is 0.133. The molecule has 0 aromatic heterocycles. The van der Waals surface area contributed by atoms with Gasteiger partial charge in [-0.25, -0.2) is 4.39 Å². The molecular weight excluding hydrogens is 272 g/mol. The normalized spacial score (nSPS) is 11.4. The number of halogens is 4. The van der Waals surface area contributed by atoms with Gasteiger partial charge in [0.15, 0.2) is 0 Å². The van der Waals surface area contributed by atoms with Crippen LogP contribution in [-0.2, 0) is 6.18 Å². The first-order valence-corrected chi connectivity index (χ1v) is 5.76. The van der Waals surface area contributed by atoms with E-state index in [1.165, 1.54) is 12.1 Å². The molecule has 0 heterocycles. The van der Waals surface area contributed by atoms with Crippen LogP contribution in [0.2, 0.25) is 0 Å². The van der Waals surface area contributed by atoms with Gasteiger partial charge in [-0.1, -0.05) is 18.2 Å². The van der Waals surface area contributed by atoms with Gasteiger partial charge < -0.3 is 0 Å². The van der Waals surface area contributed by atoms with Crippen LogP contribution in [0.3, 0.4) is 0 Å². The standard InChI is InChI=1S/C15H10F4O/c1-9-2-3-10(8-20)6-12(9)11-4-5-14(16)13(7-11)15(17,18)19/h2-8H,1H3. The van der Waals surface area contributed by atoms with Crippen molar-refractivity contribution in [3.63, 3.8) is 0 Å². The molecule has 2 rings (SSSR count). The summed E-state index contributed by atoms with van der Waals surface area (Å²) < 4.78 is 51.3. The molecule has 0 saturated heterocycles. The predicted molar refractivity (Wildman–Crippen MR) is 67.0 cm³/mol. The van der Waals surface area contributed by atoms with Gasteiger partial charge in [-0.3, -0.25) is 4.79 Å². The second-order valence-corrected chi connectivity index (χ2v) is 4.38. The zero-order valence-electron chi connectivity index (χ0n) is 10.5. The molecule has 0 amide bonds. The van der Waals surface area contributed by atoms with Crippen LogP contribution in [0.5, 0.6) is 0 Å². The molecule has 0 bridgehead atoms. The number of alkyl halides is 3. The summed E-state index contributed by atoms with van der Waals surface area (Å²) in [6, 6.07) is 7.49. The summed E-state index contributed by atoms with van der Waals surface area (Å²) in [5.74, 6) is -1.31. The van der Waals surface area contributed by atoms with Crippen molar-refractivity contribution in [2.75, 3.05) is 0 Å². The van der Waals surface area contributed by atoms with E-state index in [4.69, 9.17) is 0 Å². The van der Waals surface area contributed by atoms with Crippen LogP contribution in [0.4, 0.5) is 17.6 Å². The summed E-state index contributed by atoms with van der Waals surface area (Å²) >= 11 is 0. The molecule has 20 heavy (non-hydrogen) atoms. The van der Waals surface area contributed by atoms with Crippen LogP contribution in [0.25, 0.3) is 11.1 Å². The van der Waals surface area contributed by atoms with E-state index in [0.717, 1.165) is 12.1 Å². The lowest BCUT2D eigenvalue weighted by atomic mass is 9.96. The van der Waals surface area contributed by atoms with E-state index < -0.39 is 17.6 Å². The average Bonchev–Trinajstić information content (AvgIpc) is 2.39. The van der Waals surface area contributed by atoms with Crippen LogP contribution in [0, 0.1) is 12.7 Å². The van der Waals surface area contributed by atoms with Gasteiger partial charge >= 0.3 is 6.18 Å². The first-order valence-electron chi connectivity index (χ1n) is 5.76. The lowest BCUT2D eigenvalue weighted by molar-refractivity contribution is -0.139. The third-order valence-corrected chi connectivity index (χ3v) is 2.98. The van der Waals surface area contributed by atoms with Crippen LogP contribution in [-0.4, -0.2) is 6.29 Å². The topological polar surface area (TPSA) is 17.1 Å². The maximum atomic E-state index is 13.3. The molecule has 2 aromatic rings. The predicted octanol–water partition coefficient (Wildman–Crippen LogP) is 4.63. The lowest BCUT2D eigenvalue weighted by Gasteiger charge is -2.12. The Morgan fingerprint density at radius 2 is 1.75 bits per heavy atom. The summed E-state index contributed by atoms with van der Waals surface area (Å²) in [6.45, 7) is 1.71. The second-order valence-electron chi connectivity index (χ2n) is 4.38. The first-order chi connectivity index (χ1) is 9.32. The molecule has 0 aliphatic carbocycles. The van der Waals surface area contributed by atoms with Crippen molar-refractivity contribution in [3.05, 3.63) is 58.9 Å². The fourth-order valence-electron chi connectivity index (χ4n) is 1.93. The highest BCUT2D eigenvalue weighted by Gasteiger charge is 2.34. The number of carbonyl (C=O) groups excluding carboxylic acids is 1. The van der Waals surface area contributed by atoms with Crippen LogP contribution in [0.15, 0.2) is 36.4 Å². The third-order valence-electron chi connectivity index (χ3n) is 2.98. The SMILES string of the molecule is Cc1ccc(C=O)cc1-c1ccc(F)c(C(F)(F)F)c1. The molecule has 0 fully saturated rings. The number of rotatable bonds is 2. The van der Waals surface area contributed by atoms with Crippen molar-refractivity contribution in [1.82, 2.24) is 0 Å². The van der Waals surface area contributed by atoms with Crippen molar-refractivity contribution < 1.29 is 22.4 Å². The van der Waals surface area contributed by atoms with E-state index in [-0.39, 0.29) is 5.56 Å². The number of carbonyl (C=O) groups is 1. The number of benzene rings is 2. The molecule has 0 N–H and O–H groups in total. The van der Waals surface area contributed by atoms with Gasteiger partial charge in [0.2, 0.25) is 0 Å². The summed E-state index contributed by atoms with van der Waals surface area (Å²) in [7, 11) is 0. The Balaban J connectivity index is 2.62. The Bertz CT molecular complexity index is 659. The van der Waals surface area contributed by atoms with Gasteiger partial charge in [-0.2, -0.15) is 13.2 Å². The Morgan fingerprint density at radius 1 is 1.05 bits per heavy atom. The molecule has 5 heteroatoms. The number of hydrogen-bond donors (Lipinski definition) is 0. The molecule has 0 aliphatic rings. The van der Waals surface area contributed by atoms with Crippen molar-refractivity contribution in [3.8, 4) is 11.1 Å². The number of aryl methyl sites for hydroxylation is 1. The minimum absolute atomic E-state index is 0.222. The zero-order chi connectivity index (χ0) is 14.9. The molecule has 0 saturated carbocycles. The first kappa shape index (κ1) is 14.2. The Morgan fingerprint density at radius 3 is 2.35 bits per heavy atom. The third kappa shape index (κ3) is 2.71. The molecule has 1 nitrogen and oxygen atoms in total. The quantitative estimate of drug-likeness (QED) is 0.579. The monoisotopic (exact) mass is 282 g/mol. The fourth-order valence-corrected chi connectivity index (χ4v) is 1.93. The summed E-state index contributed by atoms with van der Waals surface area (Å²) in [6.07, 6.45) is -4.15. The van der Waals surface area contributed by atoms with E-state index in [2.05, 4.69) is 0 Å². The zero-order valence-corrected chi connectivity index (χ0v) is 10.5. The van der Waals surface area contributed by atoms with Crippen molar-refractivity contribution >= 4 is 6.29 Å². The van der Waals surface area contributed by atoms with Crippen molar-refractivity contribution in [2.24, 2.45) is 0 Å². The van der Waals surface area contributed by atoms with Crippen molar-refractivity contribution in [1.29, 1.82) is 0 Å². The molecule has 104 valence electrons. The van der Waals surface area contributed by atoms with E-state index in [1.807, 2.05) is 0 Å². The van der Waals surface area contributed by atoms with Gasteiger partial charge in [0.05, 0.1) is 5.56 Å². The van der Waals surface area contributed by atoms with Crippen LogP contribution in [0.1, 0.15) is 21.5 Å². The van der Waals surface area contributed by atoms with E-state index >= 15 is 0 Å². The average molecular weight is 282 g/mol. The van der Waals surface area contributed by atoms with Crippen molar-refractivity contribution in [2.45, 2.75) is 13.1 Å². The molecule has 0 atom stereocenters. The van der Waals surface area contributed by atoms with Gasteiger partial charge in [0.1, 0.15) is 12.1 Å². The maximum absolute atomic E-state index is 13.3. The Hall–Kier alpha value is -2.17. The smallest absolute Gasteiger partial charge is 0.298 e. The minimum atomic E-state index is -4.75. The van der Waals surface area contributed by atoms with Gasteiger partial charge in [-0.15, -0.1) is 0 Å². The number of aldehydes is 1. The van der Waals surface area contributed by atoms with Gasteiger partial charge in [0.25, 0.3) is 0 Å². The molecule has 2 aromatic carbocycles. The molecule has 0 unspecified atom stereocenters. The van der Waals surface area contributed by atoms with E-state index in [1.54, 1.807) is 19.1 Å². The minimum Gasteiger partial charge on any atom is -0.298 e. The van der Waals surface area contributed by atoms with Crippen LogP contribution >= 0.6 is 0 Å². The Kier molecular flexibility index (Phi) is 3.61. The molecule has 0 aliphatic heterocycles. The van der Waals surface area contributed by atoms with Gasteiger partial charge in [0, 0.05) is 5.56 Å². The summed E-state index contributed by atoms with van der Waals surface area (Å²) in [4.78, 5) is 10.7. The summed E-state index contributed by atoms with van der Waals surface area (Å²) in [5, 5.41) is 0. The molecule has 0 spiro atoms. The maximum Gasteiger partial charge on any atom is 0.419 e. The van der Waals surface area contributed by atoms with Gasteiger partial charge in [-0.05, 0) is 41.8 Å². The highest BCUT2D eigenvalue weighted by molar-refractivity contribution is 5.80. The van der Waals surface area contributed by atoms with Crippen LogP contribution < -0.4 is 0 Å². The highest BCUT2D eigenvalue weighted by atomic mass is 19.4. The second kappa shape index (κ2) is 5.07. The largest absolute Gasteiger partial charge is 0.419 e. The lowest BCUT2D eigenvalue weighted by Crippen LogP contribution is -2.08. The van der Waals surface area contributed by atoms with E-state index in [9.17, 15) is 22.4 Å². The molecular formula is C15H10F4O. The van der Waals surface area contributed by atoms with E-state index in [0.29, 0.717) is 23.0 Å².